The molecule has 2 nitrogen and oxygen atoms in total. The lowest BCUT2D eigenvalue weighted by atomic mass is 10.0. The fraction of sp³-hybridized carbons (Fsp3) is 0.417. The Morgan fingerprint density at radius 3 is 2.79 bits per heavy atom. The summed E-state index contributed by atoms with van der Waals surface area (Å²) < 4.78 is 0. The lowest BCUT2D eigenvalue weighted by Crippen LogP contribution is -1.90. The summed E-state index contributed by atoms with van der Waals surface area (Å²) in [5.74, 6) is 0.167. The third-order valence-electron chi connectivity index (χ3n) is 2.26. The van der Waals surface area contributed by atoms with E-state index in [1.807, 2.05) is 6.07 Å². The van der Waals surface area contributed by atoms with Gasteiger partial charge in [-0.05, 0) is 30.5 Å². The van der Waals surface area contributed by atoms with Gasteiger partial charge in [-0.25, -0.2) is 0 Å². The maximum absolute atomic E-state index is 9.19. The van der Waals surface area contributed by atoms with Gasteiger partial charge >= 0.3 is 0 Å². The minimum absolute atomic E-state index is 0.167. The molecule has 0 amide bonds. The van der Waals surface area contributed by atoms with Gasteiger partial charge < -0.3 is 5.11 Å². The number of nitriles is 1. The fourth-order valence-electron chi connectivity index (χ4n) is 1.45. The standard InChI is InChI=1S/C12H15NO/c1-2-3-4-5-10-6-7-12(14)8-11(10)9-13/h6-8,14H,2-5H2,1H3. The number of rotatable bonds is 4. The topological polar surface area (TPSA) is 44.0 Å². The molecule has 0 unspecified atom stereocenters. The molecule has 1 rings (SSSR count). The lowest BCUT2D eigenvalue weighted by Gasteiger charge is -2.03. The number of unbranched alkanes of at least 4 members (excludes halogenated alkanes) is 2. The van der Waals surface area contributed by atoms with Gasteiger partial charge in [0.05, 0.1) is 11.6 Å². The number of phenolic OH excluding ortho intramolecular Hbond substituents is 1. The summed E-state index contributed by atoms with van der Waals surface area (Å²) in [5, 5.41) is 18.0. The fourth-order valence-corrected chi connectivity index (χ4v) is 1.45. The summed E-state index contributed by atoms with van der Waals surface area (Å²) in [6.45, 7) is 2.15. The molecule has 0 heterocycles. The van der Waals surface area contributed by atoms with Crippen molar-refractivity contribution in [1.82, 2.24) is 0 Å². The zero-order chi connectivity index (χ0) is 10.4. The van der Waals surface area contributed by atoms with E-state index >= 15 is 0 Å². The summed E-state index contributed by atoms with van der Waals surface area (Å²) in [7, 11) is 0. The molecule has 0 saturated carbocycles. The smallest absolute Gasteiger partial charge is 0.116 e. The molecular weight excluding hydrogens is 174 g/mol. The Morgan fingerprint density at radius 2 is 2.14 bits per heavy atom. The van der Waals surface area contributed by atoms with Crippen LogP contribution in [0.2, 0.25) is 0 Å². The van der Waals surface area contributed by atoms with Crippen molar-refractivity contribution in [2.45, 2.75) is 32.6 Å². The van der Waals surface area contributed by atoms with Gasteiger partial charge in [-0.15, -0.1) is 0 Å². The van der Waals surface area contributed by atoms with Crippen LogP contribution in [0.25, 0.3) is 0 Å². The van der Waals surface area contributed by atoms with Gasteiger partial charge in [0.2, 0.25) is 0 Å². The Morgan fingerprint density at radius 1 is 1.36 bits per heavy atom. The van der Waals surface area contributed by atoms with Crippen LogP contribution in [0.4, 0.5) is 0 Å². The first-order chi connectivity index (χ1) is 6.77. The molecule has 1 aromatic carbocycles. The predicted molar refractivity (Wildman–Crippen MR) is 56.1 cm³/mol. The summed E-state index contributed by atoms with van der Waals surface area (Å²) in [6.07, 6.45) is 4.40. The molecule has 0 radical (unpaired) electrons. The average molecular weight is 189 g/mol. The number of benzene rings is 1. The van der Waals surface area contributed by atoms with Crippen LogP contribution in [0.1, 0.15) is 37.3 Å². The van der Waals surface area contributed by atoms with E-state index in [4.69, 9.17) is 5.26 Å². The van der Waals surface area contributed by atoms with E-state index in [1.54, 1.807) is 6.07 Å². The minimum Gasteiger partial charge on any atom is -0.508 e. The number of aryl methyl sites for hydroxylation is 1. The second-order valence-electron chi connectivity index (χ2n) is 3.41. The molecule has 0 spiro atoms. The van der Waals surface area contributed by atoms with Crippen molar-refractivity contribution in [2.24, 2.45) is 0 Å². The van der Waals surface area contributed by atoms with Gasteiger partial charge in [0.1, 0.15) is 5.75 Å². The van der Waals surface area contributed by atoms with Gasteiger partial charge in [-0.3, -0.25) is 0 Å². The number of hydrogen-bond donors (Lipinski definition) is 1. The monoisotopic (exact) mass is 189 g/mol. The van der Waals surface area contributed by atoms with Crippen molar-refractivity contribution < 1.29 is 5.11 Å². The van der Waals surface area contributed by atoms with Crippen molar-refractivity contribution in [3.63, 3.8) is 0 Å². The third kappa shape index (κ3) is 2.77. The average Bonchev–Trinajstić information content (AvgIpc) is 2.20. The highest BCUT2D eigenvalue weighted by Crippen LogP contribution is 2.17. The minimum atomic E-state index is 0.167. The SMILES string of the molecule is CCCCCc1ccc(O)cc1C#N. The molecule has 0 atom stereocenters. The quantitative estimate of drug-likeness (QED) is 0.740. The van der Waals surface area contributed by atoms with E-state index in [2.05, 4.69) is 13.0 Å². The summed E-state index contributed by atoms with van der Waals surface area (Å²) >= 11 is 0. The third-order valence-corrected chi connectivity index (χ3v) is 2.26. The highest BCUT2D eigenvalue weighted by atomic mass is 16.3. The van der Waals surface area contributed by atoms with E-state index in [1.165, 1.54) is 18.9 Å². The van der Waals surface area contributed by atoms with E-state index in [9.17, 15) is 5.11 Å². The van der Waals surface area contributed by atoms with Crippen LogP contribution in [0.5, 0.6) is 5.75 Å². The van der Waals surface area contributed by atoms with Crippen LogP contribution < -0.4 is 0 Å². The van der Waals surface area contributed by atoms with Crippen molar-refractivity contribution in [2.75, 3.05) is 0 Å². The van der Waals surface area contributed by atoms with E-state index in [0.29, 0.717) is 5.56 Å². The van der Waals surface area contributed by atoms with Crippen molar-refractivity contribution in [3.8, 4) is 11.8 Å². The number of nitrogens with zero attached hydrogens (tertiary/aromatic N) is 1. The first kappa shape index (κ1) is 10.6. The van der Waals surface area contributed by atoms with E-state index < -0.39 is 0 Å². The largest absolute Gasteiger partial charge is 0.508 e. The van der Waals surface area contributed by atoms with Crippen LogP contribution in [0.15, 0.2) is 18.2 Å². The maximum Gasteiger partial charge on any atom is 0.116 e. The van der Waals surface area contributed by atoms with Crippen LogP contribution in [0, 0.1) is 11.3 Å². The van der Waals surface area contributed by atoms with Gasteiger partial charge in [0.15, 0.2) is 0 Å². The van der Waals surface area contributed by atoms with E-state index in [0.717, 1.165) is 18.4 Å². The molecule has 74 valence electrons. The van der Waals surface area contributed by atoms with Crippen LogP contribution in [0.3, 0.4) is 0 Å². The second-order valence-corrected chi connectivity index (χ2v) is 3.41. The van der Waals surface area contributed by atoms with Crippen molar-refractivity contribution in [3.05, 3.63) is 29.3 Å². The number of aromatic hydroxyl groups is 1. The summed E-state index contributed by atoms with van der Waals surface area (Å²) in [5.41, 5.74) is 1.64. The molecule has 0 bridgehead atoms. The maximum atomic E-state index is 9.19. The van der Waals surface area contributed by atoms with Gasteiger partial charge in [0.25, 0.3) is 0 Å². The van der Waals surface area contributed by atoms with Gasteiger partial charge in [-0.1, -0.05) is 25.8 Å². The Hall–Kier alpha value is -1.49. The Bertz CT molecular complexity index is 339. The highest BCUT2D eigenvalue weighted by molar-refractivity contribution is 5.42. The number of hydrogen-bond acceptors (Lipinski definition) is 2. The molecular formula is C12H15NO. The van der Waals surface area contributed by atoms with Crippen LogP contribution in [-0.4, -0.2) is 5.11 Å². The van der Waals surface area contributed by atoms with Gasteiger partial charge in [0, 0.05) is 0 Å². The molecule has 1 N–H and O–H groups in total. The highest BCUT2D eigenvalue weighted by Gasteiger charge is 2.02. The molecule has 2 heteroatoms. The lowest BCUT2D eigenvalue weighted by molar-refractivity contribution is 0.475. The Labute approximate surface area is 84.8 Å². The molecule has 0 aromatic heterocycles. The van der Waals surface area contributed by atoms with E-state index in [-0.39, 0.29) is 5.75 Å². The number of phenols is 1. The van der Waals surface area contributed by atoms with Crippen molar-refractivity contribution >= 4 is 0 Å². The zero-order valence-corrected chi connectivity index (χ0v) is 8.45. The van der Waals surface area contributed by atoms with Crippen LogP contribution in [-0.2, 0) is 6.42 Å². The molecule has 1 aromatic rings. The molecule has 0 aliphatic carbocycles. The zero-order valence-electron chi connectivity index (χ0n) is 8.45. The molecule has 0 aliphatic rings. The second kappa shape index (κ2) is 5.29. The Balaban J connectivity index is 2.72. The Kier molecular flexibility index (Phi) is 4.00. The van der Waals surface area contributed by atoms with Crippen LogP contribution >= 0.6 is 0 Å². The van der Waals surface area contributed by atoms with Gasteiger partial charge in [-0.2, -0.15) is 5.26 Å². The molecule has 0 fully saturated rings. The first-order valence-electron chi connectivity index (χ1n) is 5.00. The van der Waals surface area contributed by atoms with Crippen molar-refractivity contribution in [1.29, 1.82) is 5.26 Å². The first-order valence-corrected chi connectivity index (χ1v) is 5.00. The summed E-state index contributed by atoms with van der Waals surface area (Å²) in [6, 6.07) is 7.11. The summed E-state index contributed by atoms with van der Waals surface area (Å²) in [4.78, 5) is 0. The predicted octanol–water partition coefficient (Wildman–Crippen LogP) is 3.00. The normalized spacial score (nSPS) is 9.71. The molecule has 0 aliphatic heterocycles. The molecule has 14 heavy (non-hydrogen) atoms. The molecule has 0 saturated heterocycles.